The average Bonchev–Trinajstić information content (AvgIpc) is 2.81. The zero-order valence-electron chi connectivity index (χ0n) is 20.4. The smallest absolute Gasteiger partial charge is 0.366 e. The van der Waals surface area contributed by atoms with Crippen LogP contribution < -0.4 is 16.0 Å². The first kappa shape index (κ1) is 27.0. The maximum Gasteiger partial charge on any atom is 0.366 e. The lowest BCUT2D eigenvalue weighted by molar-refractivity contribution is -0.263. The number of pyridine rings is 2. The summed E-state index contributed by atoms with van der Waals surface area (Å²) in [4.78, 5) is 29.9. The summed E-state index contributed by atoms with van der Waals surface area (Å²) in [5, 5.41) is 30.3. The topological polar surface area (TPSA) is 169 Å². The average molecular weight is 515 g/mol. The van der Waals surface area contributed by atoms with Gasteiger partial charge < -0.3 is 25.8 Å². The lowest BCUT2D eigenvalue weighted by Gasteiger charge is -2.24. The fraction of sp³-hybridized carbons (Fsp3) is 0.292. The van der Waals surface area contributed by atoms with Crippen molar-refractivity contribution in [1.29, 1.82) is 0 Å². The number of hydrogen-bond donors (Lipinski definition) is 4. The van der Waals surface area contributed by atoms with Gasteiger partial charge in [-0.15, -0.1) is 0 Å². The van der Waals surface area contributed by atoms with Gasteiger partial charge in [-0.1, -0.05) is 11.6 Å². The Morgan fingerprint density at radius 3 is 2.53 bits per heavy atom. The minimum absolute atomic E-state index is 0.219. The van der Waals surface area contributed by atoms with Crippen LogP contribution >= 0.6 is 11.6 Å². The van der Waals surface area contributed by atoms with Crippen molar-refractivity contribution in [2.45, 2.75) is 39.3 Å². The van der Waals surface area contributed by atoms with Crippen LogP contribution in [0.15, 0.2) is 52.2 Å². The minimum atomic E-state index is -2.93. The van der Waals surface area contributed by atoms with E-state index in [2.05, 4.69) is 19.9 Å². The number of ether oxygens (including phenoxy) is 1. The molecule has 0 fully saturated rings. The first-order chi connectivity index (χ1) is 16.8. The highest BCUT2D eigenvalue weighted by Gasteiger charge is 2.31. The van der Waals surface area contributed by atoms with Crippen LogP contribution in [0.5, 0.6) is 5.75 Å². The minimum Gasteiger partial charge on any atom is -0.433 e. The predicted octanol–water partition coefficient (Wildman–Crippen LogP) is 1.75. The molecule has 0 aliphatic carbocycles. The molecule has 3 aromatic heterocycles. The van der Waals surface area contributed by atoms with Gasteiger partial charge in [0.15, 0.2) is 11.6 Å². The van der Waals surface area contributed by atoms with Crippen LogP contribution in [-0.2, 0) is 5.60 Å². The van der Waals surface area contributed by atoms with E-state index in [4.69, 9.17) is 22.1 Å². The standard InChI is InChI=1S/C24H27ClN6O5/c1-13-12-29-16(15-6-9-28-22(30-15)23(3,4)33)11-17(13)31-14(2)10-18(20(25)21(31)32)36-24(34,35)19(26)7-8-27-5/h6-12,33-35H,26H2,1-5H3/b19-7-,27-8?. The molecule has 0 saturated heterocycles. The van der Waals surface area contributed by atoms with Gasteiger partial charge in [0.1, 0.15) is 16.3 Å². The second-order valence-electron chi connectivity index (χ2n) is 8.52. The van der Waals surface area contributed by atoms with E-state index in [9.17, 15) is 20.1 Å². The quantitative estimate of drug-likeness (QED) is 0.271. The van der Waals surface area contributed by atoms with E-state index in [-0.39, 0.29) is 11.6 Å². The van der Waals surface area contributed by atoms with E-state index in [1.165, 1.54) is 30.1 Å². The van der Waals surface area contributed by atoms with Crippen molar-refractivity contribution in [2.24, 2.45) is 10.7 Å². The lowest BCUT2D eigenvalue weighted by atomic mass is 10.1. The first-order valence-corrected chi connectivity index (χ1v) is 11.1. The summed E-state index contributed by atoms with van der Waals surface area (Å²) >= 11 is 6.28. The SMILES string of the molecule is CN=C/C=C(\N)C(O)(O)Oc1cc(C)n(-c2cc(-c3ccnc(C(C)(C)O)n3)ncc2C)c(=O)c1Cl. The molecule has 11 nitrogen and oxygen atoms in total. The van der Waals surface area contributed by atoms with E-state index < -0.39 is 27.9 Å². The second kappa shape index (κ2) is 10.2. The molecule has 0 spiro atoms. The summed E-state index contributed by atoms with van der Waals surface area (Å²) in [5.41, 5.74) is 5.66. The Morgan fingerprint density at radius 2 is 1.89 bits per heavy atom. The predicted molar refractivity (Wildman–Crippen MR) is 135 cm³/mol. The number of halogens is 1. The molecule has 0 saturated carbocycles. The van der Waals surface area contributed by atoms with Crippen LogP contribution in [0.4, 0.5) is 0 Å². The van der Waals surface area contributed by atoms with Crippen LogP contribution in [0, 0.1) is 13.8 Å². The Morgan fingerprint density at radius 1 is 1.19 bits per heavy atom. The number of allylic oxidation sites excluding steroid dienone is 1. The van der Waals surface area contributed by atoms with Gasteiger partial charge in [-0.3, -0.25) is 19.3 Å². The van der Waals surface area contributed by atoms with Crippen molar-refractivity contribution < 1.29 is 20.1 Å². The van der Waals surface area contributed by atoms with Crippen LogP contribution in [-0.4, -0.2) is 54.1 Å². The van der Waals surface area contributed by atoms with Gasteiger partial charge in [0.25, 0.3) is 5.56 Å². The largest absolute Gasteiger partial charge is 0.433 e. The maximum atomic E-state index is 13.3. The second-order valence-corrected chi connectivity index (χ2v) is 8.90. The lowest BCUT2D eigenvalue weighted by Crippen LogP contribution is -2.42. The van der Waals surface area contributed by atoms with Crippen molar-refractivity contribution in [2.75, 3.05) is 7.05 Å². The Labute approximate surface area is 212 Å². The number of aromatic nitrogens is 4. The monoisotopic (exact) mass is 514 g/mol. The first-order valence-electron chi connectivity index (χ1n) is 10.7. The Bertz CT molecular complexity index is 1410. The van der Waals surface area contributed by atoms with Crippen LogP contribution in [0.1, 0.15) is 30.9 Å². The van der Waals surface area contributed by atoms with E-state index in [1.807, 2.05) is 0 Å². The van der Waals surface area contributed by atoms with E-state index in [1.54, 1.807) is 46.0 Å². The highest BCUT2D eigenvalue weighted by Crippen LogP contribution is 2.29. The highest BCUT2D eigenvalue weighted by molar-refractivity contribution is 6.31. The summed E-state index contributed by atoms with van der Waals surface area (Å²) in [6, 6.07) is 4.67. The van der Waals surface area contributed by atoms with E-state index in [0.29, 0.717) is 28.3 Å². The number of rotatable bonds is 7. The number of nitrogens with two attached hydrogens (primary N) is 1. The molecule has 0 aliphatic rings. The van der Waals surface area contributed by atoms with E-state index in [0.717, 1.165) is 6.08 Å². The molecule has 0 atom stereocenters. The molecule has 12 heteroatoms. The third-order valence-electron chi connectivity index (χ3n) is 5.11. The third-order valence-corrected chi connectivity index (χ3v) is 5.46. The highest BCUT2D eigenvalue weighted by atomic mass is 35.5. The molecular weight excluding hydrogens is 488 g/mol. The van der Waals surface area contributed by atoms with Gasteiger partial charge >= 0.3 is 5.97 Å². The normalized spacial score (nSPS) is 12.9. The molecule has 0 amide bonds. The Hall–Kier alpha value is -3.64. The molecule has 36 heavy (non-hydrogen) atoms. The van der Waals surface area contributed by atoms with Gasteiger partial charge in [0.2, 0.25) is 0 Å². The molecule has 5 N–H and O–H groups in total. The summed E-state index contributed by atoms with van der Waals surface area (Å²) in [6.07, 6.45) is 5.48. The van der Waals surface area contributed by atoms with E-state index >= 15 is 0 Å². The summed E-state index contributed by atoms with van der Waals surface area (Å²) in [5.74, 6) is -2.99. The number of aliphatic imine (C=N–C) groups is 1. The van der Waals surface area contributed by atoms with Crippen LogP contribution in [0.25, 0.3) is 17.1 Å². The molecule has 3 rings (SSSR count). The fourth-order valence-electron chi connectivity index (χ4n) is 3.22. The van der Waals surface area contributed by atoms with Crippen molar-refractivity contribution >= 4 is 17.8 Å². The Kier molecular flexibility index (Phi) is 7.60. The van der Waals surface area contributed by atoms with Crippen LogP contribution in [0.2, 0.25) is 5.02 Å². The zero-order valence-corrected chi connectivity index (χ0v) is 21.1. The van der Waals surface area contributed by atoms with Crippen molar-refractivity contribution in [3.63, 3.8) is 0 Å². The molecule has 0 unspecified atom stereocenters. The molecule has 190 valence electrons. The molecule has 3 heterocycles. The Balaban J connectivity index is 2.10. The van der Waals surface area contributed by atoms with Crippen molar-refractivity contribution in [3.05, 3.63) is 74.8 Å². The fourth-order valence-corrected chi connectivity index (χ4v) is 3.40. The van der Waals surface area contributed by atoms with Crippen molar-refractivity contribution in [1.82, 2.24) is 19.5 Å². The summed E-state index contributed by atoms with van der Waals surface area (Å²) in [7, 11) is 1.48. The zero-order chi connectivity index (χ0) is 26.8. The number of nitrogens with zero attached hydrogens (tertiary/aromatic N) is 5. The molecule has 0 radical (unpaired) electrons. The van der Waals surface area contributed by atoms with Gasteiger partial charge in [0, 0.05) is 37.4 Å². The maximum absolute atomic E-state index is 13.3. The summed E-state index contributed by atoms with van der Waals surface area (Å²) in [6.45, 7) is 6.54. The number of aryl methyl sites for hydroxylation is 2. The van der Waals surface area contributed by atoms with Crippen LogP contribution in [0.3, 0.4) is 0 Å². The molecule has 0 aromatic carbocycles. The summed E-state index contributed by atoms with van der Waals surface area (Å²) < 4.78 is 6.51. The molecular formula is C24H27ClN6O5. The third kappa shape index (κ3) is 5.60. The van der Waals surface area contributed by atoms with Gasteiger partial charge in [-0.2, -0.15) is 0 Å². The van der Waals surface area contributed by atoms with Gasteiger partial charge in [-0.05, 0) is 51.5 Å². The number of aliphatic hydroxyl groups is 3. The van der Waals surface area contributed by atoms with Crippen molar-refractivity contribution in [3.8, 4) is 22.8 Å². The molecule has 0 aliphatic heterocycles. The van der Waals surface area contributed by atoms with Gasteiger partial charge in [-0.25, -0.2) is 9.97 Å². The number of hydrogen-bond acceptors (Lipinski definition) is 10. The molecule has 3 aromatic rings. The van der Waals surface area contributed by atoms with Gasteiger partial charge in [0.05, 0.1) is 17.1 Å². The molecule has 0 bridgehead atoms.